The van der Waals surface area contributed by atoms with Gasteiger partial charge >= 0.3 is 5.97 Å². The van der Waals surface area contributed by atoms with Crippen molar-refractivity contribution in [2.75, 3.05) is 13.2 Å². The number of thiophene rings is 1. The summed E-state index contributed by atoms with van der Waals surface area (Å²) in [5, 5.41) is 12.6. The first kappa shape index (κ1) is 16.0. The van der Waals surface area contributed by atoms with E-state index in [1.807, 2.05) is 18.2 Å². The fourth-order valence-electron chi connectivity index (χ4n) is 2.39. The number of carboxylic acids is 1. The SMILES string of the molecule is O=C(NC1(C(=O)O)CCOC1)c1ccc(-c2ccc(Cl)cc2)s1. The van der Waals surface area contributed by atoms with E-state index < -0.39 is 17.4 Å². The maximum Gasteiger partial charge on any atom is 0.331 e. The Labute approximate surface area is 141 Å². The average Bonchev–Trinajstić information content (AvgIpc) is 3.17. The molecule has 1 unspecified atom stereocenters. The summed E-state index contributed by atoms with van der Waals surface area (Å²) >= 11 is 7.17. The lowest BCUT2D eigenvalue weighted by atomic mass is 9.99. The molecule has 0 aliphatic carbocycles. The highest BCUT2D eigenvalue weighted by molar-refractivity contribution is 7.17. The van der Waals surface area contributed by atoms with Crippen molar-refractivity contribution < 1.29 is 19.4 Å². The molecule has 0 radical (unpaired) electrons. The van der Waals surface area contributed by atoms with Crippen molar-refractivity contribution in [2.24, 2.45) is 0 Å². The van der Waals surface area contributed by atoms with Gasteiger partial charge in [-0.25, -0.2) is 4.79 Å². The molecule has 1 aromatic heterocycles. The van der Waals surface area contributed by atoms with Crippen LogP contribution in [-0.4, -0.2) is 35.7 Å². The highest BCUT2D eigenvalue weighted by Gasteiger charge is 2.44. The van der Waals surface area contributed by atoms with Gasteiger partial charge in [0.15, 0.2) is 5.54 Å². The van der Waals surface area contributed by atoms with Crippen LogP contribution in [-0.2, 0) is 9.53 Å². The van der Waals surface area contributed by atoms with Crippen LogP contribution in [0.25, 0.3) is 10.4 Å². The van der Waals surface area contributed by atoms with Crippen molar-refractivity contribution in [1.82, 2.24) is 5.32 Å². The van der Waals surface area contributed by atoms with Crippen LogP contribution in [0.5, 0.6) is 0 Å². The van der Waals surface area contributed by atoms with Crippen LogP contribution in [0.1, 0.15) is 16.1 Å². The van der Waals surface area contributed by atoms with Gasteiger partial charge in [-0.05, 0) is 29.8 Å². The quantitative estimate of drug-likeness (QED) is 0.887. The molecular weight excluding hydrogens is 338 g/mol. The lowest BCUT2D eigenvalue weighted by Gasteiger charge is -2.23. The molecule has 0 spiro atoms. The fraction of sp³-hybridized carbons (Fsp3) is 0.250. The van der Waals surface area contributed by atoms with Gasteiger partial charge in [-0.1, -0.05) is 23.7 Å². The van der Waals surface area contributed by atoms with Gasteiger partial charge in [-0.15, -0.1) is 11.3 Å². The second-order valence-electron chi connectivity index (χ2n) is 5.31. The smallest absolute Gasteiger partial charge is 0.331 e. The molecule has 0 bridgehead atoms. The topological polar surface area (TPSA) is 75.6 Å². The monoisotopic (exact) mass is 351 g/mol. The number of aliphatic carboxylic acids is 1. The summed E-state index contributed by atoms with van der Waals surface area (Å²) < 4.78 is 5.14. The summed E-state index contributed by atoms with van der Waals surface area (Å²) in [6, 6.07) is 10.8. The first-order chi connectivity index (χ1) is 11.0. The van der Waals surface area contributed by atoms with Gasteiger partial charge in [0.05, 0.1) is 11.5 Å². The highest BCUT2D eigenvalue weighted by Crippen LogP contribution is 2.29. The molecular formula is C16H14ClNO4S. The van der Waals surface area contributed by atoms with E-state index in [0.717, 1.165) is 10.4 Å². The van der Waals surface area contributed by atoms with Crippen LogP contribution < -0.4 is 5.32 Å². The van der Waals surface area contributed by atoms with Crippen LogP contribution in [0.3, 0.4) is 0 Å². The third-order valence-corrected chi connectivity index (χ3v) is 5.13. The number of nitrogens with one attached hydrogen (secondary N) is 1. The van der Waals surface area contributed by atoms with Gasteiger partial charge in [0.25, 0.3) is 5.91 Å². The number of hydrogen-bond acceptors (Lipinski definition) is 4. The predicted octanol–water partition coefficient (Wildman–Crippen LogP) is 3.04. The van der Waals surface area contributed by atoms with Gasteiger partial charge in [0.1, 0.15) is 0 Å². The largest absolute Gasteiger partial charge is 0.479 e. The number of carboxylic acid groups (broad SMARTS) is 1. The molecule has 120 valence electrons. The molecule has 2 N–H and O–H groups in total. The molecule has 1 amide bonds. The minimum Gasteiger partial charge on any atom is -0.479 e. The van der Waals surface area contributed by atoms with E-state index in [4.69, 9.17) is 16.3 Å². The standard InChI is InChI=1S/C16H14ClNO4S/c17-11-3-1-10(2-4-11)12-5-6-13(23-12)14(19)18-16(15(20)21)7-8-22-9-16/h1-6H,7-9H2,(H,18,19)(H,20,21). The van der Waals surface area contributed by atoms with Crippen molar-refractivity contribution >= 4 is 34.8 Å². The Balaban J connectivity index is 1.78. The summed E-state index contributed by atoms with van der Waals surface area (Å²) in [4.78, 5) is 25.2. The van der Waals surface area contributed by atoms with E-state index in [2.05, 4.69) is 5.32 Å². The van der Waals surface area contributed by atoms with Crippen molar-refractivity contribution in [3.05, 3.63) is 46.3 Å². The molecule has 2 aromatic rings. The lowest BCUT2D eigenvalue weighted by molar-refractivity contribution is -0.144. The number of benzene rings is 1. The summed E-state index contributed by atoms with van der Waals surface area (Å²) in [5.41, 5.74) is -0.378. The summed E-state index contributed by atoms with van der Waals surface area (Å²) in [5.74, 6) is -1.47. The maximum atomic E-state index is 12.4. The van der Waals surface area contributed by atoms with Crippen LogP contribution in [0.4, 0.5) is 0 Å². The zero-order valence-electron chi connectivity index (χ0n) is 12.0. The zero-order chi connectivity index (χ0) is 16.4. The Morgan fingerprint density at radius 1 is 1.22 bits per heavy atom. The van der Waals surface area contributed by atoms with E-state index >= 15 is 0 Å². The number of carbonyl (C=O) groups is 2. The summed E-state index contributed by atoms with van der Waals surface area (Å²) in [6.45, 7) is 0.316. The third-order valence-electron chi connectivity index (χ3n) is 3.74. The van der Waals surface area contributed by atoms with Gasteiger partial charge in [-0.2, -0.15) is 0 Å². The van der Waals surface area contributed by atoms with Crippen molar-refractivity contribution in [3.63, 3.8) is 0 Å². The molecule has 1 fully saturated rings. The van der Waals surface area contributed by atoms with Crippen molar-refractivity contribution in [2.45, 2.75) is 12.0 Å². The molecule has 1 saturated heterocycles. The number of amides is 1. The average molecular weight is 352 g/mol. The van der Waals surface area contributed by atoms with Gasteiger partial charge < -0.3 is 15.2 Å². The fourth-order valence-corrected chi connectivity index (χ4v) is 3.43. The normalized spacial score (nSPS) is 20.4. The number of rotatable bonds is 4. The Morgan fingerprint density at radius 3 is 2.57 bits per heavy atom. The van der Waals surface area contributed by atoms with Crippen molar-refractivity contribution in [3.8, 4) is 10.4 Å². The van der Waals surface area contributed by atoms with Crippen LogP contribution >= 0.6 is 22.9 Å². The van der Waals surface area contributed by atoms with Gasteiger partial charge in [0, 0.05) is 22.9 Å². The number of carbonyl (C=O) groups excluding carboxylic acids is 1. The molecule has 7 heteroatoms. The number of halogens is 1. The molecule has 0 saturated carbocycles. The van der Waals surface area contributed by atoms with Gasteiger partial charge in [-0.3, -0.25) is 4.79 Å². The van der Waals surface area contributed by atoms with Crippen LogP contribution in [0, 0.1) is 0 Å². The molecule has 1 atom stereocenters. The Hall–Kier alpha value is -1.89. The molecule has 5 nitrogen and oxygen atoms in total. The lowest BCUT2D eigenvalue weighted by Crippen LogP contribution is -2.55. The second kappa shape index (κ2) is 6.31. The van der Waals surface area contributed by atoms with E-state index in [1.165, 1.54) is 11.3 Å². The minimum atomic E-state index is -1.33. The van der Waals surface area contributed by atoms with E-state index in [0.29, 0.717) is 16.5 Å². The molecule has 1 aliphatic heterocycles. The molecule has 23 heavy (non-hydrogen) atoms. The zero-order valence-corrected chi connectivity index (χ0v) is 13.6. The molecule has 1 aliphatic rings. The Bertz CT molecular complexity index is 735. The third kappa shape index (κ3) is 3.24. The maximum absolute atomic E-state index is 12.4. The first-order valence-electron chi connectivity index (χ1n) is 7.00. The highest BCUT2D eigenvalue weighted by atomic mass is 35.5. The van der Waals surface area contributed by atoms with E-state index in [1.54, 1.807) is 18.2 Å². The van der Waals surface area contributed by atoms with E-state index in [-0.39, 0.29) is 13.0 Å². The van der Waals surface area contributed by atoms with Crippen LogP contribution in [0.2, 0.25) is 5.02 Å². The number of ether oxygens (including phenoxy) is 1. The predicted molar refractivity (Wildman–Crippen MR) is 88.0 cm³/mol. The second-order valence-corrected chi connectivity index (χ2v) is 6.83. The molecule has 2 heterocycles. The minimum absolute atomic E-state index is 0.0104. The first-order valence-corrected chi connectivity index (χ1v) is 8.19. The van der Waals surface area contributed by atoms with Crippen molar-refractivity contribution in [1.29, 1.82) is 0 Å². The van der Waals surface area contributed by atoms with E-state index in [9.17, 15) is 14.7 Å². The Kier molecular flexibility index (Phi) is 4.39. The summed E-state index contributed by atoms with van der Waals surface area (Å²) in [7, 11) is 0. The summed E-state index contributed by atoms with van der Waals surface area (Å²) in [6.07, 6.45) is 0.267. The van der Waals surface area contributed by atoms with Crippen LogP contribution in [0.15, 0.2) is 36.4 Å². The molecule has 1 aromatic carbocycles. The Morgan fingerprint density at radius 2 is 1.96 bits per heavy atom. The molecule has 3 rings (SSSR count). The number of hydrogen-bond donors (Lipinski definition) is 2. The van der Waals surface area contributed by atoms with Gasteiger partial charge in [0.2, 0.25) is 0 Å².